The number of hydrogen-bond acceptors (Lipinski definition) is 4. The lowest BCUT2D eigenvalue weighted by Crippen LogP contribution is -2.52. The second-order valence-corrected chi connectivity index (χ2v) is 7.64. The fourth-order valence-electron chi connectivity index (χ4n) is 2.74. The molecule has 0 aromatic rings. The van der Waals surface area contributed by atoms with E-state index < -0.39 is 17.7 Å². The first-order valence-electron chi connectivity index (χ1n) is 9.20. The largest absolute Gasteiger partial charge is 0.444 e. The average molecular weight is 355 g/mol. The van der Waals surface area contributed by atoms with Gasteiger partial charge in [0.15, 0.2) is 0 Å². The number of unbranched alkanes of at least 4 members (excludes halogenated alkanes) is 1. The number of nitrogens with zero attached hydrogens (tertiary/aromatic N) is 1. The molecule has 1 saturated heterocycles. The molecular formula is C18H33N3O4. The highest BCUT2D eigenvalue weighted by Gasteiger charge is 2.31. The van der Waals surface area contributed by atoms with Gasteiger partial charge in [-0.25, -0.2) is 4.79 Å². The number of piperidine rings is 1. The Morgan fingerprint density at radius 3 is 2.56 bits per heavy atom. The summed E-state index contributed by atoms with van der Waals surface area (Å²) in [6, 6.07) is -0.684. The number of carbonyl (C=O) groups excluding carboxylic acids is 3. The summed E-state index contributed by atoms with van der Waals surface area (Å²) in [5.74, 6) is -0.348. The lowest BCUT2D eigenvalue weighted by molar-refractivity contribution is -0.137. The number of amides is 3. The molecule has 0 bridgehead atoms. The van der Waals surface area contributed by atoms with Gasteiger partial charge in [0.2, 0.25) is 11.8 Å². The van der Waals surface area contributed by atoms with Gasteiger partial charge in [0.05, 0.1) is 5.92 Å². The summed E-state index contributed by atoms with van der Waals surface area (Å²) in [6.07, 6.45) is 2.95. The molecule has 0 aromatic carbocycles. The quantitative estimate of drug-likeness (QED) is 0.714. The summed E-state index contributed by atoms with van der Waals surface area (Å²) >= 11 is 0. The zero-order valence-corrected chi connectivity index (χ0v) is 16.2. The Hall–Kier alpha value is -1.79. The summed E-state index contributed by atoms with van der Waals surface area (Å²) in [7, 11) is 0. The van der Waals surface area contributed by atoms with Crippen LogP contribution >= 0.6 is 0 Å². The zero-order valence-electron chi connectivity index (χ0n) is 16.2. The molecule has 2 atom stereocenters. The first-order valence-corrected chi connectivity index (χ1v) is 9.20. The van der Waals surface area contributed by atoms with E-state index in [4.69, 9.17) is 4.74 Å². The van der Waals surface area contributed by atoms with E-state index in [9.17, 15) is 14.4 Å². The second kappa shape index (κ2) is 9.63. The molecule has 0 saturated carbocycles. The molecule has 144 valence electrons. The maximum atomic E-state index is 12.6. The van der Waals surface area contributed by atoms with Crippen molar-refractivity contribution in [2.45, 2.75) is 71.9 Å². The van der Waals surface area contributed by atoms with E-state index in [1.165, 1.54) is 0 Å². The van der Waals surface area contributed by atoms with Crippen molar-refractivity contribution in [1.29, 1.82) is 0 Å². The minimum atomic E-state index is -0.684. The third kappa shape index (κ3) is 7.75. The minimum Gasteiger partial charge on any atom is -0.444 e. The average Bonchev–Trinajstić information content (AvgIpc) is 2.52. The molecule has 0 aliphatic carbocycles. The van der Waals surface area contributed by atoms with Gasteiger partial charge in [-0.05, 0) is 47.0 Å². The van der Waals surface area contributed by atoms with Gasteiger partial charge in [0.1, 0.15) is 11.6 Å². The van der Waals surface area contributed by atoms with Gasteiger partial charge >= 0.3 is 6.09 Å². The fraction of sp³-hybridized carbons (Fsp3) is 0.833. The first-order chi connectivity index (χ1) is 11.6. The van der Waals surface area contributed by atoms with Crippen LogP contribution in [0.5, 0.6) is 0 Å². The molecule has 1 fully saturated rings. The fourth-order valence-corrected chi connectivity index (χ4v) is 2.74. The van der Waals surface area contributed by atoms with Gasteiger partial charge in [-0.3, -0.25) is 9.59 Å². The Balaban J connectivity index is 2.51. The minimum absolute atomic E-state index is 0.0127. The third-order valence-electron chi connectivity index (χ3n) is 4.04. The van der Waals surface area contributed by atoms with Crippen LogP contribution in [0, 0.1) is 5.92 Å². The van der Waals surface area contributed by atoms with E-state index in [1.807, 2.05) is 0 Å². The molecular weight excluding hydrogens is 322 g/mol. The van der Waals surface area contributed by atoms with Crippen molar-refractivity contribution in [3.8, 4) is 0 Å². The van der Waals surface area contributed by atoms with Gasteiger partial charge in [0, 0.05) is 19.6 Å². The zero-order chi connectivity index (χ0) is 19.0. The SMILES string of the molecule is CCCCNC(=O)C1CCCN(C(=O)C(C)NC(=O)OC(C)(C)C)C1. The van der Waals surface area contributed by atoms with Crippen LogP contribution < -0.4 is 10.6 Å². The van der Waals surface area contributed by atoms with Crippen LogP contribution in [0.25, 0.3) is 0 Å². The normalized spacial score (nSPS) is 19.1. The van der Waals surface area contributed by atoms with Crippen molar-refractivity contribution in [2.24, 2.45) is 5.92 Å². The van der Waals surface area contributed by atoms with E-state index in [1.54, 1.807) is 32.6 Å². The third-order valence-corrected chi connectivity index (χ3v) is 4.04. The number of ether oxygens (including phenoxy) is 1. The van der Waals surface area contributed by atoms with Crippen molar-refractivity contribution in [1.82, 2.24) is 15.5 Å². The molecule has 2 N–H and O–H groups in total. The van der Waals surface area contributed by atoms with Gasteiger partial charge in [-0.15, -0.1) is 0 Å². The number of rotatable bonds is 6. The number of likely N-dealkylation sites (tertiary alicyclic amines) is 1. The molecule has 1 heterocycles. The molecule has 0 radical (unpaired) electrons. The van der Waals surface area contributed by atoms with E-state index in [2.05, 4.69) is 17.6 Å². The van der Waals surface area contributed by atoms with E-state index in [0.29, 0.717) is 19.6 Å². The molecule has 25 heavy (non-hydrogen) atoms. The second-order valence-electron chi connectivity index (χ2n) is 7.64. The standard InChI is InChI=1S/C18H33N3O4/c1-6-7-10-19-15(22)14-9-8-11-21(12-14)16(23)13(2)20-17(24)25-18(3,4)5/h13-14H,6-12H2,1-5H3,(H,19,22)(H,20,24). The topological polar surface area (TPSA) is 87.7 Å². The molecule has 7 heteroatoms. The molecule has 2 unspecified atom stereocenters. The Kier molecular flexibility index (Phi) is 8.19. The summed E-state index contributed by atoms with van der Waals surface area (Å²) in [5.41, 5.74) is -0.611. The smallest absolute Gasteiger partial charge is 0.408 e. The molecule has 0 spiro atoms. The van der Waals surface area contributed by atoms with E-state index in [-0.39, 0.29) is 17.7 Å². The van der Waals surface area contributed by atoms with E-state index >= 15 is 0 Å². The van der Waals surface area contributed by atoms with Crippen molar-refractivity contribution in [3.05, 3.63) is 0 Å². The monoisotopic (exact) mass is 355 g/mol. The van der Waals surface area contributed by atoms with Crippen LogP contribution in [0.4, 0.5) is 4.79 Å². The van der Waals surface area contributed by atoms with Crippen LogP contribution in [0.2, 0.25) is 0 Å². The molecule has 7 nitrogen and oxygen atoms in total. The van der Waals surface area contributed by atoms with Crippen molar-refractivity contribution in [2.75, 3.05) is 19.6 Å². The van der Waals surface area contributed by atoms with Crippen molar-refractivity contribution >= 4 is 17.9 Å². The predicted octanol–water partition coefficient (Wildman–Crippen LogP) is 2.05. The van der Waals surface area contributed by atoms with Crippen LogP contribution in [0.15, 0.2) is 0 Å². The number of nitrogens with one attached hydrogen (secondary N) is 2. The Morgan fingerprint density at radius 2 is 1.96 bits per heavy atom. The highest BCUT2D eigenvalue weighted by atomic mass is 16.6. The van der Waals surface area contributed by atoms with Gasteiger partial charge < -0.3 is 20.3 Å². The predicted molar refractivity (Wildman–Crippen MR) is 96.1 cm³/mol. The lowest BCUT2D eigenvalue weighted by Gasteiger charge is -2.34. The van der Waals surface area contributed by atoms with Crippen LogP contribution in [0.1, 0.15) is 60.3 Å². The molecule has 1 aliphatic rings. The summed E-state index contributed by atoms with van der Waals surface area (Å²) in [4.78, 5) is 38.2. The summed E-state index contributed by atoms with van der Waals surface area (Å²) < 4.78 is 5.18. The Bertz CT molecular complexity index is 473. The molecule has 1 aliphatic heterocycles. The summed E-state index contributed by atoms with van der Waals surface area (Å²) in [6.45, 7) is 10.7. The summed E-state index contributed by atoms with van der Waals surface area (Å²) in [5, 5.41) is 5.50. The molecule has 3 amide bonds. The highest BCUT2D eigenvalue weighted by Crippen LogP contribution is 2.17. The van der Waals surface area contributed by atoms with E-state index in [0.717, 1.165) is 25.7 Å². The van der Waals surface area contributed by atoms with Crippen molar-refractivity contribution < 1.29 is 19.1 Å². The number of carbonyl (C=O) groups is 3. The Morgan fingerprint density at radius 1 is 1.28 bits per heavy atom. The number of alkyl carbamates (subject to hydrolysis) is 1. The maximum Gasteiger partial charge on any atom is 0.408 e. The van der Waals surface area contributed by atoms with Crippen LogP contribution in [-0.4, -0.2) is 54.1 Å². The Labute approximate surface area is 150 Å². The van der Waals surface area contributed by atoms with Crippen molar-refractivity contribution in [3.63, 3.8) is 0 Å². The maximum absolute atomic E-state index is 12.6. The van der Waals surface area contributed by atoms with Gasteiger partial charge in [-0.2, -0.15) is 0 Å². The van der Waals surface area contributed by atoms with Crippen LogP contribution in [-0.2, 0) is 14.3 Å². The molecule has 1 rings (SSSR count). The first kappa shape index (κ1) is 21.3. The van der Waals surface area contributed by atoms with Crippen LogP contribution in [0.3, 0.4) is 0 Å². The molecule has 0 aromatic heterocycles. The van der Waals surface area contributed by atoms with Gasteiger partial charge in [-0.1, -0.05) is 13.3 Å². The highest BCUT2D eigenvalue weighted by molar-refractivity contribution is 5.86. The van der Waals surface area contributed by atoms with Gasteiger partial charge in [0.25, 0.3) is 0 Å². The number of hydrogen-bond donors (Lipinski definition) is 2. The lowest BCUT2D eigenvalue weighted by atomic mass is 9.96.